The van der Waals surface area contributed by atoms with Crippen molar-refractivity contribution in [2.75, 3.05) is 0 Å². The van der Waals surface area contributed by atoms with Crippen molar-refractivity contribution >= 4 is 21.8 Å². The van der Waals surface area contributed by atoms with Crippen LogP contribution in [-0.4, -0.2) is 34.5 Å². The van der Waals surface area contributed by atoms with Gasteiger partial charge in [0, 0.05) is 44.2 Å². The summed E-state index contributed by atoms with van der Waals surface area (Å²) in [6.07, 6.45) is 0. The molecule has 0 N–H and O–H groups in total. The second kappa shape index (κ2) is 15.4. The molecule has 0 bridgehead atoms. The number of fused-ring (bicyclic) bond motifs is 3. The maximum absolute atomic E-state index is 5.23. The number of rotatable bonds is 8. The van der Waals surface area contributed by atoms with Crippen LogP contribution < -0.4 is 0 Å². The predicted molar refractivity (Wildman–Crippen MR) is 246 cm³/mol. The number of para-hydroxylation sites is 1. The molecule has 11 rings (SSSR count). The van der Waals surface area contributed by atoms with Crippen LogP contribution in [0.1, 0.15) is 0 Å². The zero-order chi connectivity index (χ0) is 40.5. The highest BCUT2D eigenvalue weighted by molar-refractivity contribution is 6.10. The van der Waals surface area contributed by atoms with Gasteiger partial charge in [-0.15, -0.1) is 0 Å². The Morgan fingerprint density at radius 3 is 1.11 bits per heavy atom. The van der Waals surface area contributed by atoms with Gasteiger partial charge in [-0.2, -0.15) is 0 Å². The molecular weight excluding hydrogens is 747 g/mol. The Balaban J connectivity index is 1.21. The first-order valence-corrected chi connectivity index (χ1v) is 20.2. The van der Waals surface area contributed by atoms with Crippen LogP contribution in [-0.2, 0) is 0 Å². The van der Waals surface area contributed by atoms with Crippen molar-refractivity contribution in [2.24, 2.45) is 0 Å². The smallest absolute Gasteiger partial charge is 0.166 e. The lowest BCUT2D eigenvalue weighted by atomic mass is 10.0. The van der Waals surface area contributed by atoms with Gasteiger partial charge >= 0.3 is 0 Å². The first-order valence-electron chi connectivity index (χ1n) is 20.2. The minimum atomic E-state index is 0.546. The summed E-state index contributed by atoms with van der Waals surface area (Å²) in [5.41, 5.74) is 10.5. The van der Waals surface area contributed by atoms with Crippen molar-refractivity contribution in [3.8, 4) is 85.1 Å². The highest BCUT2D eigenvalue weighted by Gasteiger charge is 2.22. The Morgan fingerprint density at radius 2 is 0.623 bits per heavy atom. The first-order chi connectivity index (χ1) is 30.2. The summed E-state index contributed by atoms with van der Waals surface area (Å²) >= 11 is 0. The molecule has 0 amide bonds. The van der Waals surface area contributed by atoms with Crippen LogP contribution in [0.25, 0.3) is 107 Å². The second-order valence-corrected chi connectivity index (χ2v) is 14.8. The highest BCUT2D eigenvalue weighted by Crippen LogP contribution is 2.40. The SMILES string of the molecule is c1ccc(-c2ccc3c4ccccc4n(-c4cc(-c5nc(-c6ccccc6)nc(-c6ccccc6)n5)ccc4-c4nc(-c5ccccc5)nc(-c5ccccc5)n4)c3c2)cc1. The Bertz CT molecular complexity index is 3220. The molecule has 0 aliphatic heterocycles. The van der Waals surface area contributed by atoms with Gasteiger partial charge in [-0.05, 0) is 35.4 Å². The van der Waals surface area contributed by atoms with Gasteiger partial charge in [-0.1, -0.05) is 188 Å². The molecule has 7 nitrogen and oxygen atoms in total. The summed E-state index contributed by atoms with van der Waals surface area (Å²) in [5, 5.41) is 2.27. The average molecular weight is 782 g/mol. The lowest BCUT2D eigenvalue weighted by Crippen LogP contribution is -2.05. The number of aromatic nitrogens is 7. The van der Waals surface area contributed by atoms with Gasteiger partial charge in [0.15, 0.2) is 34.9 Å². The zero-order valence-electron chi connectivity index (χ0n) is 32.8. The lowest BCUT2D eigenvalue weighted by Gasteiger charge is -2.17. The molecule has 0 spiro atoms. The van der Waals surface area contributed by atoms with E-state index in [4.69, 9.17) is 29.9 Å². The number of hydrogen-bond acceptors (Lipinski definition) is 6. The van der Waals surface area contributed by atoms with Gasteiger partial charge in [0.05, 0.1) is 16.7 Å². The molecule has 61 heavy (non-hydrogen) atoms. The van der Waals surface area contributed by atoms with Gasteiger partial charge in [0.1, 0.15) is 0 Å². The number of benzene rings is 8. The molecule has 7 heteroatoms. The first kappa shape index (κ1) is 35.7. The monoisotopic (exact) mass is 781 g/mol. The minimum absolute atomic E-state index is 0.546. The standard InChI is InChI=1S/C54H35N7/c1-6-18-36(19-7-1)41-30-32-44-43-28-16-17-29-46(43)61(47(44)34-41)48-35-42(53-57-49(37-20-8-2-9-21-37)55-50(58-53)38-22-10-3-11-23-38)31-33-45(48)54-59-51(39-24-12-4-13-25-39)56-52(60-54)40-26-14-5-15-27-40/h1-35H. The van der Waals surface area contributed by atoms with Crippen molar-refractivity contribution in [1.82, 2.24) is 34.5 Å². The summed E-state index contributed by atoms with van der Waals surface area (Å²) in [4.78, 5) is 30.7. The topological polar surface area (TPSA) is 82.3 Å². The van der Waals surface area contributed by atoms with Crippen molar-refractivity contribution in [3.05, 3.63) is 212 Å². The van der Waals surface area contributed by atoms with Crippen molar-refractivity contribution in [3.63, 3.8) is 0 Å². The van der Waals surface area contributed by atoms with E-state index in [1.54, 1.807) is 0 Å². The molecular formula is C54H35N7. The van der Waals surface area contributed by atoms with E-state index in [9.17, 15) is 0 Å². The number of nitrogens with zero attached hydrogens (tertiary/aromatic N) is 7. The normalized spacial score (nSPS) is 11.3. The summed E-state index contributed by atoms with van der Waals surface area (Å²) in [7, 11) is 0. The van der Waals surface area contributed by atoms with Crippen molar-refractivity contribution in [2.45, 2.75) is 0 Å². The molecule has 0 fully saturated rings. The van der Waals surface area contributed by atoms with E-state index in [-0.39, 0.29) is 0 Å². The minimum Gasteiger partial charge on any atom is -0.308 e. The van der Waals surface area contributed by atoms with Crippen molar-refractivity contribution < 1.29 is 0 Å². The van der Waals surface area contributed by atoms with Crippen LogP contribution in [0.5, 0.6) is 0 Å². The molecule has 0 aliphatic rings. The number of hydrogen-bond donors (Lipinski definition) is 0. The van der Waals surface area contributed by atoms with E-state index in [1.807, 2.05) is 127 Å². The Kier molecular flexibility index (Phi) is 9.02. The third-order valence-electron chi connectivity index (χ3n) is 10.9. The third kappa shape index (κ3) is 6.80. The molecule has 3 aromatic heterocycles. The molecule has 0 atom stereocenters. The maximum atomic E-state index is 5.23. The van der Waals surface area contributed by atoms with Crippen LogP contribution in [0, 0.1) is 0 Å². The summed E-state index contributed by atoms with van der Waals surface area (Å²) in [6, 6.07) is 72.4. The molecule has 0 aliphatic carbocycles. The van der Waals surface area contributed by atoms with Gasteiger partial charge in [0.25, 0.3) is 0 Å². The molecule has 0 saturated heterocycles. The quantitative estimate of drug-likeness (QED) is 0.153. The largest absolute Gasteiger partial charge is 0.308 e. The van der Waals surface area contributed by atoms with Crippen LogP contribution in [0.15, 0.2) is 212 Å². The average Bonchev–Trinajstić information content (AvgIpc) is 3.68. The van der Waals surface area contributed by atoms with E-state index in [2.05, 4.69) is 89.5 Å². The Hall–Kier alpha value is -8.42. The van der Waals surface area contributed by atoms with E-state index in [0.29, 0.717) is 34.9 Å². The molecule has 286 valence electrons. The summed E-state index contributed by atoms with van der Waals surface area (Å²) < 4.78 is 2.33. The summed E-state index contributed by atoms with van der Waals surface area (Å²) in [6.45, 7) is 0. The van der Waals surface area contributed by atoms with E-state index in [1.165, 1.54) is 0 Å². The van der Waals surface area contributed by atoms with Gasteiger partial charge in [0.2, 0.25) is 0 Å². The highest BCUT2D eigenvalue weighted by atomic mass is 15.1. The molecule has 0 radical (unpaired) electrons. The fourth-order valence-corrected chi connectivity index (χ4v) is 7.95. The molecule has 8 aromatic carbocycles. The molecule has 0 saturated carbocycles. The van der Waals surface area contributed by atoms with Crippen LogP contribution in [0.2, 0.25) is 0 Å². The van der Waals surface area contributed by atoms with E-state index >= 15 is 0 Å². The lowest BCUT2D eigenvalue weighted by molar-refractivity contribution is 1.06. The summed E-state index contributed by atoms with van der Waals surface area (Å²) in [5.74, 6) is 3.46. The van der Waals surface area contributed by atoms with Gasteiger partial charge in [-0.3, -0.25) is 0 Å². The third-order valence-corrected chi connectivity index (χ3v) is 10.9. The van der Waals surface area contributed by atoms with Crippen LogP contribution in [0.4, 0.5) is 0 Å². The van der Waals surface area contributed by atoms with Gasteiger partial charge in [-0.25, -0.2) is 29.9 Å². The van der Waals surface area contributed by atoms with Crippen LogP contribution >= 0.6 is 0 Å². The van der Waals surface area contributed by atoms with E-state index in [0.717, 1.165) is 72.0 Å². The maximum Gasteiger partial charge on any atom is 0.166 e. The molecule has 11 aromatic rings. The fourth-order valence-electron chi connectivity index (χ4n) is 7.95. The zero-order valence-corrected chi connectivity index (χ0v) is 32.8. The molecule has 3 heterocycles. The van der Waals surface area contributed by atoms with Crippen LogP contribution in [0.3, 0.4) is 0 Å². The second-order valence-electron chi connectivity index (χ2n) is 14.8. The predicted octanol–water partition coefficient (Wildman–Crippen LogP) is 12.8. The Labute approximate surface area is 352 Å². The van der Waals surface area contributed by atoms with E-state index < -0.39 is 0 Å². The van der Waals surface area contributed by atoms with Gasteiger partial charge < -0.3 is 4.57 Å². The Morgan fingerprint density at radius 1 is 0.246 bits per heavy atom. The molecule has 0 unspecified atom stereocenters. The van der Waals surface area contributed by atoms with Crippen molar-refractivity contribution in [1.29, 1.82) is 0 Å². The fraction of sp³-hybridized carbons (Fsp3) is 0.